The highest BCUT2D eigenvalue weighted by atomic mass is 16.7. The molecule has 0 radical (unpaired) electrons. The topological polar surface area (TPSA) is 51.5 Å². The molecule has 0 N–H and O–H groups in total. The molecule has 4 nitrogen and oxygen atoms in total. The van der Waals surface area contributed by atoms with E-state index in [1.54, 1.807) is 19.2 Å². The highest BCUT2D eigenvalue weighted by Crippen LogP contribution is 2.05. The van der Waals surface area contributed by atoms with E-state index < -0.39 is 0 Å². The zero-order valence-electron chi connectivity index (χ0n) is 10.7. The van der Waals surface area contributed by atoms with Crippen molar-refractivity contribution in [2.45, 2.75) is 19.4 Å². The highest BCUT2D eigenvalue weighted by molar-refractivity contribution is 5.31. The van der Waals surface area contributed by atoms with Gasteiger partial charge in [0.05, 0.1) is 18.2 Å². The Morgan fingerprint density at radius 3 is 2.33 bits per heavy atom. The van der Waals surface area contributed by atoms with Gasteiger partial charge in [0.25, 0.3) is 0 Å². The maximum absolute atomic E-state index is 8.66. The summed E-state index contributed by atoms with van der Waals surface area (Å²) < 4.78 is 15.5. The summed E-state index contributed by atoms with van der Waals surface area (Å²) >= 11 is 0. The molecule has 1 aromatic rings. The molecule has 0 unspecified atom stereocenters. The molecule has 4 heteroatoms. The lowest BCUT2D eigenvalue weighted by Gasteiger charge is -2.05. The number of hydrogen-bond donors (Lipinski definition) is 0. The minimum Gasteiger partial charge on any atom is -0.377 e. The number of benzene rings is 1. The van der Waals surface area contributed by atoms with E-state index in [0.717, 1.165) is 25.0 Å². The van der Waals surface area contributed by atoms with Crippen molar-refractivity contribution in [3.05, 3.63) is 35.4 Å². The predicted molar refractivity (Wildman–Crippen MR) is 67.9 cm³/mol. The van der Waals surface area contributed by atoms with E-state index in [1.807, 2.05) is 12.1 Å². The first-order chi connectivity index (χ1) is 8.86. The fourth-order valence-electron chi connectivity index (χ4n) is 1.42. The van der Waals surface area contributed by atoms with E-state index in [2.05, 4.69) is 6.07 Å². The van der Waals surface area contributed by atoms with Crippen LogP contribution in [0, 0.1) is 11.3 Å². The quantitative estimate of drug-likeness (QED) is 0.498. The Balaban J connectivity index is 2.02. The lowest BCUT2D eigenvalue weighted by molar-refractivity contribution is -0.0330. The van der Waals surface area contributed by atoms with Crippen LogP contribution in [0.15, 0.2) is 24.3 Å². The second-order valence-electron chi connectivity index (χ2n) is 3.88. The largest absolute Gasteiger partial charge is 0.377 e. The molecule has 0 bridgehead atoms. The molecule has 0 aliphatic heterocycles. The second kappa shape index (κ2) is 9.60. The summed E-state index contributed by atoms with van der Waals surface area (Å²) in [5, 5.41) is 8.66. The molecular formula is C14H19NO3. The number of ether oxygens (including phenoxy) is 3. The van der Waals surface area contributed by atoms with Gasteiger partial charge in [0.15, 0.2) is 0 Å². The van der Waals surface area contributed by atoms with Crippen molar-refractivity contribution in [1.29, 1.82) is 5.26 Å². The third kappa shape index (κ3) is 6.36. The van der Waals surface area contributed by atoms with Gasteiger partial charge < -0.3 is 14.2 Å². The Bertz CT molecular complexity index is 356. The van der Waals surface area contributed by atoms with Crippen LogP contribution in [0.4, 0.5) is 0 Å². The Hall–Kier alpha value is -1.41. The van der Waals surface area contributed by atoms with Gasteiger partial charge in [-0.25, -0.2) is 0 Å². The van der Waals surface area contributed by atoms with Crippen LogP contribution in [0.1, 0.15) is 24.0 Å². The van der Waals surface area contributed by atoms with Crippen molar-refractivity contribution < 1.29 is 14.2 Å². The van der Waals surface area contributed by atoms with Gasteiger partial charge in [-0.2, -0.15) is 5.26 Å². The lowest BCUT2D eigenvalue weighted by atomic mass is 10.2. The maximum Gasteiger partial charge on any atom is 0.146 e. The van der Waals surface area contributed by atoms with Gasteiger partial charge in [0.1, 0.15) is 6.79 Å². The third-order valence-corrected chi connectivity index (χ3v) is 2.38. The van der Waals surface area contributed by atoms with Crippen LogP contribution in [0.3, 0.4) is 0 Å². The number of hydrogen-bond acceptors (Lipinski definition) is 4. The number of methoxy groups -OCH3 is 1. The maximum atomic E-state index is 8.66. The van der Waals surface area contributed by atoms with Gasteiger partial charge in [0.2, 0.25) is 0 Å². The highest BCUT2D eigenvalue weighted by Gasteiger charge is 1.95. The van der Waals surface area contributed by atoms with Crippen molar-refractivity contribution in [1.82, 2.24) is 0 Å². The number of nitriles is 1. The number of rotatable bonds is 9. The van der Waals surface area contributed by atoms with Crippen LogP contribution < -0.4 is 0 Å². The average Bonchev–Trinajstić information content (AvgIpc) is 2.42. The average molecular weight is 249 g/mol. The van der Waals surface area contributed by atoms with Gasteiger partial charge in [0, 0.05) is 20.3 Å². The number of unbranched alkanes of at least 4 members (excludes halogenated alkanes) is 1. The smallest absolute Gasteiger partial charge is 0.146 e. The molecule has 0 spiro atoms. The standard InChI is InChI=1S/C14H19NO3/c1-16-12-18-9-3-2-8-17-11-14-6-4-13(10-15)5-7-14/h4-7H,2-3,8-9,11-12H2,1H3. The number of nitrogens with zero attached hydrogens (tertiary/aromatic N) is 1. The SMILES string of the molecule is COCOCCCCOCc1ccc(C#N)cc1. The molecule has 0 saturated heterocycles. The van der Waals surface area contributed by atoms with Crippen LogP contribution in [0.25, 0.3) is 0 Å². The second-order valence-corrected chi connectivity index (χ2v) is 3.88. The molecule has 0 fully saturated rings. The lowest BCUT2D eigenvalue weighted by Crippen LogP contribution is -2.01. The monoisotopic (exact) mass is 249 g/mol. The molecule has 0 saturated carbocycles. The van der Waals surface area contributed by atoms with Crippen molar-refractivity contribution in [2.75, 3.05) is 27.1 Å². The Labute approximate surface area is 108 Å². The summed E-state index contributed by atoms with van der Waals surface area (Å²) in [7, 11) is 1.61. The first-order valence-electron chi connectivity index (χ1n) is 6.00. The van der Waals surface area contributed by atoms with Crippen LogP contribution in [0.2, 0.25) is 0 Å². The van der Waals surface area contributed by atoms with E-state index in [-0.39, 0.29) is 0 Å². The molecule has 98 valence electrons. The van der Waals surface area contributed by atoms with Gasteiger partial charge >= 0.3 is 0 Å². The minimum absolute atomic E-state index is 0.353. The zero-order chi connectivity index (χ0) is 13.1. The summed E-state index contributed by atoms with van der Waals surface area (Å²) in [6.45, 7) is 2.36. The predicted octanol–water partition coefficient (Wildman–Crippen LogP) is 2.48. The Morgan fingerprint density at radius 1 is 1.06 bits per heavy atom. The van der Waals surface area contributed by atoms with Crippen molar-refractivity contribution in [2.24, 2.45) is 0 Å². The molecule has 0 heterocycles. The van der Waals surface area contributed by atoms with Crippen LogP contribution >= 0.6 is 0 Å². The van der Waals surface area contributed by atoms with Gasteiger partial charge in [-0.05, 0) is 30.5 Å². The summed E-state index contributed by atoms with van der Waals surface area (Å²) in [5.41, 5.74) is 1.76. The first kappa shape index (κ1) is 14.7. The van der Waals surface area contributed by atoms with E-state index in [4.69, 9.17) is 19.5 Å². The first-order valence-corrected chi connectivity index (χ1v) is 6.00. The van der Waals surface area contributed by atoms with E-state index in [9.17, 15) is 0 Å². The van der Waals surface area contributed by atoms with Crippen molar-refractivity contribution in [3.63, 3.8) is 0 Å². The Morgan fingerprint density at radius 2 is 1.72 bits per heavy atom. The van der Waals surface area contributed by atoms with E-state index >= 15 is 0 Å². The third-order valence-electron chi connectivity index (χ3n) is 2.38. The molecule has 1 rings (SSSR count). The Kier molecular flexibility index (Phi) is 7.82. The minimum atomic E-state index is 0.353. The summed E-state index contributed by atoms with van der Waals surface area (Å²) in [5.74, 6) is 0. The molecule has 0 amide bonds. The molecule has 18 heavy (non-hydrogen) atoms. The van der Waals surface area contributed by atoms with Crippen LogP contribution in [0.5, 0.6) is 0 Å². The van der Waals surface area contributed by atoms with Gasteiger partial charge in [-0.1, -0.05) is 12.1 Å². The molecule has 0 aliphatic rings. The fourth-order valence-corrected chi connectivity index (χ4v) is 1.42. The van der Waals surface area contributed by atoms with E-state index in [0.29, 0.717) is 25.6 Å². The molecule has 0 aliphatic carbocycles. The van der Waals surface area contributed by atoms with Gasteiger partial charge in [-0.3, -0.25) is 0 Å². The molecular weight excluding hydrogens is 230 g/mol. The molecule has 0 atom stereocenters. The summed E-state index contributed by atoms with van der Waals surface area (Å²) in [4.78, 5) is 0. The van der Waals surface area contributed by atoms with Crippen molar-refractivity contribution in [3.8, 4) is 6.07 Å². The van der Waals surface area contributed by atoms with Crippen LogP contribution in [-0.4, -0.2) is 27.1 Å². The fraction of sp³-hybridized carbons (Fsp3) is 0.500. The van der Waals surface area contributed by atoms with Gasteiger partial charge in [-0.15, -0.1) is 0 Å². The summed E-state index contributed by atoms with van der Waals surface area (Å²) in [6, 6.07) is 9.53. The molecule has 1 aromatic carbocycles. The normalized spacial score (nSPS) is 10.2. The van der Waals surface area contributed by atoms with E-state index in [1.165, 1.54) is 0 Å². The molecule has 0 aromatic heterocycles. The van der Waals surface area contributed by atoms with Crippen molar-refractivity contribution >= 4 is 0 Å². The van der Waals surface area contributed by atoms with Crippen LogP contribution in [-0.2, 0) is 20.8 Å². The zero-order valence-corrected chi connectivity index (χ0v) is 10.7. The summed E-state index contributed by atoms with van der Waals surface area (Å²) in [6.07, 6.45) is 1.94.